The lowest BCUT2D eigenvalue weighted by Gasteiger charge is -2.44. The molecule has 2 amide bonds. The first kappa shape index (κ1) is 64.6. The van der Waals surface area contributed by atoms with Crippen molar-refractivity contribution in [1.29, 1.82) is 5.26 Å². The minimum absolute atomic E-state index is 0.0280. The Morgan fingerprint density at radius 2 is 1.34 bits per heavy atom. The largest absolute Gasteiger partial charge is 0.497 e. The Hall–Kier alpha value is -5.18. The van der Waals surface area contributed by atoms with Gasteiger partial charge >= 0.3 is 11.9 Å². The molecule has 5 rings (SSSR count). The van der Waals surface area contributed by atoms with Crippen molar-refractivity contribution in [3.63, 3.8) is 0 Å². The summed E-state index contributed by atoms with van der Waals surface area (Å²) in [6.07, 6.45) is 7.59. The minimum Gasteiger partial charge on any atom is -0.497 e. The number of rotatable bonds is 33. The lowest BCUT2D eigenvalue weighted by atomic mass is 9.79. The number of likely N-dealkylation sites (tertiary alicyclic amines) is 1. The van der Waals surface area contributed by atoms with Crippen LogP contribution in [0.1, 0.15) is 149 Å². The van der Waals surface area contributed by atoms with E-state index in [2.05, 4.69) is 55.9 Å². The monoisotopic (exact) mass is 1120 g/mol. The fourth-order valence-electron chi connectivity index (χ4n) is 10.6. The molecule has 2 saturated heterocycles. The summed E-state index contributed by atoms with van der Waals surface area (Å²) in [7, 11) is 1.74. The molecule has 18 heteroatoms. The van der Waals surface area contributed by atoms with E-state index in [1.165, 1.54) is 20.8 Å². The number of piperidine rings is 1. The number of nitrogens with one attached hydrogen (secondary N) is 1. The van der Waals surface area contributed by atoms with Gasteiger partial charge in [0.1, 0.15) is 42.0 Å². The lowest BCUT2D eigenvalue weighted by Crippen LogP contribution is -2.63. The molecule has 3 aromatic carbocycles. The fraction of sp³-hybridized carbons (Fsp3) is 0.623. The Morgan fingerprint density at radius 1 is 0.772 bits per heavy atom. The standard InChI is InChI=1S/C61H89N4O13P/c1-43(2)65(44(3)4)79(75-39-23-36-62)78-55-35-37-64(40-49(55)41-74-61(50-24-19-18-20-25-50,51-27-31-53(70-9)32-28-51)52-29-33-54(71-10)34-30-52)57(69)26-21-16-14-12-11-13-15-17-22-38-72-60-58(63-46(6)66)59(76-48(8)68)45(5)56(77-60)42-73-47(7)67/h18-20,24-25,27-34,43-45,49,55-56,58-60H,11-17,21-23,26,35,37-42H2,1-10H3,(H,63,66). The third-order valence-corrected chi connectivity index (χ3v) is 16.7. The number of hydrogen-bond donors (Lipinski definition) is 1. The van der Waals surface area contributed by atoms with Crippen molar-refractivity contribution >= 4 is 32.3 Å². The van der Waals surface area contributed by atoms with Crippen molar-refractivity contribution in [1.82, 2.24) is 14.9 Å². The fourth-order valence-corrected chi connectivity index (χ4v) is 12.4. The Balaban J connectivity index is 1.19. The van der Waals surface area contributed by atoms with Crippen LogP contribution in [0.15, 0.2) is 78.9 Å². The average molecular weight is 1120 g/mol. The summed E-state index contributed by atoms with van der Waals surface area (Å²) in [5.74, 6) is -0.271. The molecule has 0 aromatic heterocycles. The van der Waals surface area contributed by atoms with Gasteiger partial charge in [-0.3, -0.25) is 19.2 Å². The number of nitrogens with zero attached hydrogens (tertiary/aromatic N) is 3. The average Bonchev–Trinajstić information content (AvgIpc) is 3.45. The second-order valence-corrected chi connectivity index (χ2v) is 22.6. The first-order valence-electron chi connectivity index (χ1n) is 28.4. The van der Waals surface area contributed by atoms with Crippen molar-refractivity contribution in [2.45, 2.75) is 181 Å². The van der Waals surface area contributed by atoms with Crippen LogP contribution in [0.5, 0.6) is 11.5 Å². The van der Waals surface area contributed by atoms with Crippen molar-refractivity contribution in [3.8, 4) is 17.6 Å². The summed E-state index contributed by atoms with van der Waals surface area (Å²) in [5.41, 5.74) is 1.70. The number of carbonyl (C=O) groups is 4. The summed E-state index contributed by atoms with van der Waals surface area (Å²) < 4.78 is 57.7. The summed E-state index contributed by atoms with van der Waals surface area (Å²) >= 11 is 0. The summed E-state index contributed by atoms with van der Waals surface area (Å²) in [6, 6.07) is 27.9. The van der Waals surface area contributed by atoms with E-state index in [4.69, 9.17) is 42.2 Å². The Labute approximate surface area is 471 Å². The van der Waals surface area contributed by atoms with Crippen LogP contribution in [0.25, 0.3) is 0 Å². The van der Waals surface area contributed by atoms with Crippen molar-refractivity contribution in [3.05, 3.63) is 95.6 Å². The zero-order chi connectivity index (χ0) is 57.3. The smallest absolute Gasteiger partial charge is 0.302 e. The summed E-state index contributed by atoms with van der Waals surface area (Å²) in [4.78, 5) is 52.0. The van der Waals surface area contributed by atoms with E-state index in [1.54, 1.807) is 14.2 Å². The van der Waals surface area contributed by atoms with Gasteiger partial charge in [0.05, 0.1) is 46.0 Å². The van der Waals surface area contributed by atoms with E-state index in [0.29, 0.717) is 32.5 Å². The highest BCUT2D eigenvalue weighted by atomic mass is 31.2. The predicted octanol–water partition coefficient (Wildman–Crippen LogP) is 10.8. The van der Waals surface area contributed by atoms with Crippen LogP contribution in [-0.2, 0) is 57.5 Å². The molecule has 0 spiro atoms. The summed E-state index contributed by atoms with van der Waals surface area (Å²) in [5, 5.41) is 12.3. The second-order valence-electron chi connectivity index (χ2n) is 21.2. The highest BCUT2D eigenvalue weighted by Crippen LogP contribution is 2.50. The number of amides is 2. The molecular formula is C61H89N4O13P. The molecule has 8 atom stereocenters. The van der Waals surface area contributed by atoms with Crippen molar-refractivity contribution < 1.29 is 61.4 Å². The van der Waals surface area contributed by atoms with E-state index < -0.39 is 50.6 Å². The number of methoxy groups -OCH3 is 2. The van der Waals surface area contributed by atoms with Crippen LogP contribution in [-0.4, -0.2) is 130 Å². The maximum atomic E-state index is 14.2. The van der Waals surface area contributed by atoms with Crippen LogP contribution in [0.2, 0.25) is 0 Å². The van der Waals surface area contributed by atoms with E-state index >= 15 is 0 Å². The molecule has 0 radical (unpaired) electrons. The van der Waals surface area contributed by atoms with Crippen molar-refractivity contribution in [2.75, 3.05) is 53.7 Å². The van der Waals surface area contributed by atoms with E-state index in [1.807, 2.05) is 78.6 Å². The number of carbonyl (C=O) groups excluding carboxylic acids is 4. The lowest BCUT2D eigenvalue weighted by molar-refractivity contribution is -0.260. The van der Waals surface area contributed by atoms with Gasteiger partial charge in [0.2, 0.25) is 11.8 Å². The van der Waals surface area contributed by atoms with Crippen LogP contribution in [0.3, 0.4) is 0 Å². The Morgan fingerprint density at radius 3 is 1.87 bits per heavy atom. The van der Waals surface area contributed by atoms with Gasteiger partial charge in [0.25, 0.3) is 8.53 Å². The van der Waals surface area contributed by atoms with Gasteiger partial charge < -0.3 is 52.4 Å². The highest BCUT2D eigenvalue weighted by molar-refractivity contribution is 7.44. The first-order valence-corrected chi connectivity index (χ1v) is 29.5. The highest BCUT2D eigenvalue weighted by Gasteiger charge is 2.48. The summed E-state index contributed by atoms with van der Waals surface area (Å²) in [6.45, 7) is 16.2. The molecule has 0 saturated carbocycles. The Kier molecular flexibility index (Phi) is 27.4. The maximum absolute atomic E-state index is 14.2. The number of unbranched alkanes of at least 4 members (excludes halogenated alkanes) is 8. The molecule has 436 valence electrons. The zero-order valence-corrected chi connectivity index (χ0v) is 49.4. The van der Waals surface area contributed by atoms with Gasteiger partial charge in [-0.05, 0) is 87.9 Å². The van der Waals surface area contributed by atoms with Crippen LogP contribution in [0, 0.1) is 23.2 Å². The van der Waals surface area contributed by atoms with Gasteiger partial charge in [0, 0.05) is 70.8 Å². The molecule has 2 heterocycles. The molecule has 0 bridgehead atoms. The van der Waals surface area contributed by atoms with E-state index in [-0.39, 0.29) is 68.1 Å². The number of esters is 2. The van der Waals surface area contributed by atoms with Crippen LogP contribution < -0.4 is 14.8 Å². The molecule has 3 aromatic rings. The molecule has 0 aliphatic carbocycles. The van der Waals surface area contributed by atoms with Gasteiger partial charge in [-0.1, -0.05) is 106 Å². The molecule has 8 unspecified atom stereocenters. The number of nitriles is 1. The van der Waals surface area contributed by atoms with E-state index in [9.17, 15) is 24.4 Å². The molecule has 2 aliphatic rings. The number of benzene rings is 3. The second kappa shape index (κ2) is 33.5. The van der Waals surface area contributed by atoms with Gasteiger partial charge in [-0.15, -0.1) is 0 Å². The van der Waals surface area contributed by atoms with E-state index in [0.717, 1.165) is 86.0 Å². The molecule has 2 aliphatic heterocycles. The third-order valence-electron chi connectivity index (χ3n) is 14.6. The Bertz CT molecular complexity index is 2280. The zero-order valence-electron chi connectivity index (χ0n) is 48.5. The number of ether oxygens (including phenoxy) is 7. The first-order chi connectivity index (χ1) is 38.0. The van der Waals surface area contributed by atoms with Crippen LogP contribution >= 0.6 is 8.53 Å². The van der Waals surface area contributed by atoms with Gasteiger partial charge in [0.15, 0.2) is 6.29 Å². The van der Waals surface area contributed by atoms with Gasteiger partial charge in [-0.2, -0.15) is 5.26 Å². The quantitative estimate of drug-likeness (QED) is 0.0262. The predicted molar refractivity (Wildman–Crippen MR) is 303 cm³/mol. The SMILES string of the molecule is COc1ccc(C(OCC2CN(C(=O)CCCCCCCCCCCOC3OC(COC(C)=O)C(C)C(OC(C)=O)C3NC(C)=O)CCC2OP(OCCC#N)N(C(C)C)C(C)C)(c2ccccc2)c2ccc(OC)cc2)cc1. The minimum atomic E-state index is -1.56. The molecule has 79 heavy (non-hydrogen) atoms. The number of hydrogen-bond acceptors (Lipinski definition) is 15. The van der Waals surface area contributed by atoms with Crippen LogP contribution in [0.4, 0.5) is 0 Å². The molecule has 17 nitrogen and oxygen atoms in total. The van der Waals surface area contributed by atoms with Gasteiger partial charge in [-0.25, -0.2) is 4.67 Å². The maximum Gasteiger partial charge on any atom is 0.302 e. The topological polar surface area (TPSA) is 194 Å². The molecule has 1 N–H and O–H groups in total. The molecule has 2 fully saturated rings. The molecular weight excluding hydrogens is 1030 g/mol. The van der Waals surface area contributed by atoms with Crippen molar-refractivity contribution in [2.24, 2.45) is 11.8 Å². The third kappa shape index (κ3) is 19.5. The normalized spacial score (nSPS) is 20.9.